The van der Waals surface area contributed by atoms with E-state index in [4.69, 9.17) is 0 Å². The molecule has 0 saturated carbocycles. The molecule has 4 amide bonds. The third-order valence-electron chi connectivity index (χ3n) is 4.51. The van der Waals surface area contributed by atoms with Gasteiger partial charge >= 0.3 is 6.03 Å². The number of urea groups is 1. The molecule has 1 heterocycles. The molecule has 2 unspecified atom stereocenters. The van der Waals surface area contributed by atoms with Crippen molar-refractivity contribution in [3.8, 4) is 0 Å². The van der Waals surface area contributed by atoms with Crippen LogP contribution in [0.2, 0.25) is 0 Å². The molecule has 0 spiro atoms. The maximum atomic E-state index is 12.5. The molecule has 0 aliphatic carbocycles. The van der Waals surface area contributed by atoms with Crippen LogP contribution in [-0.2, 0) is 9.59 Å². The minimum Gasteiger partial charge on any atom is -0.354 e. The zero-order valence-corrected chi connectivity index (χ0v) is 15.5. The minimum absolute atomic E-state index is 0.0838. The second kappa shape index (κ2) is 9.79. The fourth-order valence-corrected chi connectivity index (χ4v) is 2.86. The molecule has 1 saturated heterocycles. The Kier molecular flexibility index (Phi) is 7.44. The molecule has 26 heavy (non-hydrogen) atoms. The SMILES string of the molecule is CCC(C)NC(=O)CCNC(=O)N1CCCC1C(=O)Nc1ccccc1. The van der Waals surface area contributed by atoms with Gasteiger partial charge in [-0.3, -0.25) is 9.59 Å². The van der Waals surface area contributed by atoms with Crippen LogP contribution in [0.5, 0.6) is 0 Å². The summed E-state index contributed by atoms with van der Waals surface area (Å²) in [4.78, 5) is 38.1. The molecule has 142 valence electrons. The second-order valence-corrected chi connectivity index (χ2v) is 6.57. The van der Waals surface area contributed by atoms with Crippen molar-refractivity contribution in [1.29, 1.82) is 0 Å². The summed E-state index contributed by atoms with van der Waals surface area (Å²) >= 11 is 0. The van der Waals surface area contributed by atoms with Crippen molar-refractivity contribution in [2.75, 3.05) is 18.4 Å². The first-order chi connectivity index (χ1) is 12.5. The fourth-order valence-electron chi connectivity index (χ4n) is 2.86. The summed E-state index contributed by atoms with van der Waals surface area (Å²) in [6.45, 7) is 4.74. The Balaban J connectivity index is 1.80. The normalized spacial score (nSPS) is 17.5. The molecule has 1 aliphatic rings. The summed E-state index contributed by atoms with van der Waals surface area (Å²) in [6.07, 6.45) is 2.52. The van der Waals surface area contributed by atoms with E-state index in [-0.39, 0.29) is 36.9 Å². The van der Waals surface area contributed by atoms with E-state index in [1.807, 2.05) is 44.2 Å². The highest BCUT2D eigenvalue weighted by Gasteiger charge is 2.34. The van der Waals surface area contributed by atoms with Gasteiger partial charge in [-0.25, -0.2) is 4.79 Å². The van der Waals surface area contributed by atoms with Crippen molar-refractivity contribution >= 4 is 23.5 Å². The Hall–Kier alpha value is -2.57. The number of carbonyl (C=O) groups excluding carboxylic acids is 3. The van der Waals surface area contributed by atoms with Gasteiger partial charge in [-0.1, -0.05) is 25.1 Å². The lowest BCUT2D eigenvalue weighted by Gasteiger charge is -2.24. The minimum atomic E-state index is -0.482. The molecule has 0 bridgehead atoms. The average Bonchev–Trinajstić information content (AvgIpc) is 3.12. The summed E-state index contributed by atoms with van der Waals surface area (Å²) in [5.74, 6) is -0.266. The van der Waals surface area contributed by atoms with Crippen molar-refractivity contribution in [3.05, 3.63) is 30.3 Å². The molecule has 1 aliphatic heterocycles. The maximum absolute atomic E-state index is 12.5. The predicted molar refractivity (Wildman–Crippen MR) is 101 cm³/mol. The Labute approximate surface area is 154 Å². The van der Waals surface area contributed by atoms with Gasteiger partial charge in [-0.2, -0.15) is 0 Å². The molecular weight excluding hydrogens is 332 g/mol. The van der Waals surface area contributed by atoms with Crippen LogP contribution < -0.4 is 16.0 Å². The highest BCUT2D eigenvalue weighted by Crippen LogP contribution is 2.19. The standard InChI is InChI=1S/C19H28N4O3/c1-3-14(2)21-17(24)11-12-20-19(26)23-13-7-10-16(23)18(25)22-15-8-5-4-6-9-15/h4-6,8-9,14,16H,3,7,10-13H2,1-2H3,(H,20,26)(H,21,24)(H,22,25). The van der Waals surface area contributed by atoms with Crippen LogP contribution in [0.3, 0.4) is 0 Å². The first-order valence-electron chi connectivity index (χ1n) is 9.21. The van der Waals surface area contributed by atoms with Crippen LogP contribution in [0.4, 0.5) is 10.5 Å². The van der Waals surface area contributed by atoms with Crippen LogP contribution in [-0.4, -0.2) is 47.9 Å². The topological polar surface area (TPSA) is 90.5 Å². The molecule has 2 atom stereocenters. The van der Waals surface area contributed by atoms with E-state index in [2.05, 4.69) is 16.0 Å². The van der Waals surface area contributed by atoms with Crippen LogP contribution in [0, 0.1) is 0 Å². The third kappa shape index (κ3) is 5.75. The van der Waals surface area contributed by atoms with Crippen molar-refractivity contribution in [2.24, 2.45) is 0 Å². The summed E-state index contributed by atoms with van der Waals surface area (Å²) < 4.78 is 0. The summed E-state index contributed by atoms with van der Waals surface area (Å²) in [5.41, 5.74) is 0.714. The van der Waals surface area contributed by atoms with E-state index in [1.54, 1.807) is 4.90 Å². The molecule has 2 rings (SSSR count). The van der Waals surface area contributed by atoms with Gasteiger partial charge in [-0.05, 0) is 38.3 Å². The van der Waals surface area contributed by atoms with E-state index < -0.39 is 6.04 Å². The van der Waals surface area contributed by atoms with Gasteiger partial charge in [0.15, 0.2) is 0 Å². The molecule has 0 aromatic heterocycles. The average molecular weight is 360 g/mol. The number of hydrogen-bond acceptors (Lipinski definition) is 3. The van der Waals surface area contributed by atoms with Crippen molar-refractivity contribution < 1.29 is 14.4 Å². The Bertz CT molecular complexity index is 620. The van der Waals surface area contributed by atoms with Gasteiger partial charge < -0.3 is 20.9 Å². The molecule has 1 aromatic carbocycles. The van der Waals surface area contributed by atoms with Gasteiger partial charge in [-0.15, -0.1) is 0 Å². The van der Waals surface area contributed by atoms with Crippen LogP contribution in [0.15, 0.2) is 30.3 Å². The molecule has 3 N–H and O–H groups in total. The largest absolute Gasteiger partial charge is 0.354 e. The van der Waals surface area contributed by atoms with E-state index in [0.29, 0.717) is 18.7 Å². The number of hydrogen-bond donors (Lipinski definition) is 3. The molecule has 7 nitrogen and oxygen atoms in total. The van der Waals surface area contributed by atoms with E-state index >= 15 is 0 Å². The van der Waals surface area contributed by atoms with Gasteiger partial charge in [0.1, 0.15) is 6.04 Å². The summed E-state index contributed by atoms with van der Waals surface area (Å²) in [7, 11) is 0. The third-order valence-corrected chi connectivity index (χ3v) is 4.51. The number of carbonyl (C=O) groups is 3. The lowest BCUT2D eigenvalue weighted by Crippen LogP contribution is -2.48. The number of amides is 4. The van der Waals surface area contributed by atoms with E-state index in [1.165, 1.54) is 0 Å². The molecule has 7 heteroatoms. The predicted octanol–water partition coefficient (Wildman–Crippen LogP) is 2.10. The van der Waals surface area contributed by atoms with Gasteiger partial charge in [0.2, 0.25) is 11.8 Å². The number of para-hydroxylation sites is 1. The second-order valence-electron chi connectivity index (χ2n) is 6.57. The van der Waals surface area contributed by atoms with Gasteiger partial charge in [0, 0.05) is 31.2 Å². The zero-order chi connectivity index (χ0) is 18.9. The first-order valence-corrected chi connectivity index (χ1v) is 9.21. The van der Waals surface area contributed by atoms with E-state index in [9.17, 15) is 14.4 Å². The van der Waals surface area contributed by atoms with Crippen LogP contribution in [0.1, 0.15) is 39.5 Å². The summed E-state index contributed by atoms with van der Waals surface area (Å²) in [5, 5.41) is 8.45. The van der Waals surface area contributed by atoms with Crippen LogP contribution >= 0.6 is 0 Å². The fraction of sp³-hybridized carbons (Fsp3) is 0.526. The lowest BCUT2D eigenvalue weighted by atomic mass is 10.2. The Morgan fingerprint density at radius 3 is 2.65 bits per heavy atom. The van der Waals surface area contributed by atoms with Crippen molar-refractivity contribution in [3.63, 3.8) is 0 Å². The quantitative estimate of drug-likeness (QED) is 0.695. The van der Waals surface area contributed by atoms with Gasteiger partial charge in [0.05, 0.1) is 0 Å². The Morgan fingerprint density at radius 1 is 1.23 bits per heavy atom. The molecular formula is C19H28N4O3. The maximum Gasteiger partial charge on any atom is 0.318 e. The summed E-state index contributed by atoms with van der Waals surface area (Å²) in [6, 6.07) is 8.54. The number of nitrogens with one attached hydrogen (secondary N) is 3. The first kappa shape index (κ1) is 19.8. The number of anilines is 1. The van der Waals surface area contributed by atoms with Crippen molar-refractivity contribution in [2.45, 2.75) is 51.6 Å². The molecule has 1 aromatic rings. The Morgan fingerprint density at radius 2 is 1.96 bits per heavy atom. The van der Waals surface area contributed by atoms with Crippen LogP contribution in [0.25, 0.3) is 0 Å². The molecule has 0 radical (unpaired) electrons. The lowest BCUT2D eigenvalue weighted by molar-refractivity contribution is -0.122. The number of benzene rings is 1. The van der Waals surface area contributed by atoms with Gasteiger partial charge in [0.25, 0.3) is 0 Å². The zero-order valence-electron chi connectivity index (χ0n) is 15.5. The highest BCUT2D eigenvalue weighted by molar-refractivity contribution is 5.97. The molecule has 1 fully saturated rings. The monoisotopic (exact) mass is 360 g/mol. The van der Waals surface area contributed by atoms with E-state index in [0.717, 1.165) is 12.8 Å². The highest BCUT2D eigenvalue weighted by atomic mass is 16.2. The smallest absolute Gasteiger partial charge is 0.318 e. The number of nitrogens with zero attached hydrogens (tertiary/aromatic N) is 1. The number of rotatable bonds is 7. The van der Waals surface area contributed by atoms with Crippen molar-refractivity contribution in [1.82, 2.24) is 15.5 Å². The number of likely N-dealkylation sites (tertiary alicyclic amines) is 1.